The van der Waals surface area contributed by atoms with Crippen molar-refractivity contribution in [2.45, 2.75) is 19.8 Å². The number of carboxylic acids is 1. The lowest BCUT2D eigenvalue weighted by molar-refractivity contribution is -0.136. The number of benzene rings is 1. The molecule has 0 aromatic heterocycles. The fourth-order valence-corrected chi connectivity index (χ4v) is 1.28. The van der Waals surface area contributed by atoms with Gasteiger partial charge >= 0.3 is 5.97 Å². The van der Waals surface area contributed by atoms with E-state index in [1.54, 1.807) is 12.1 Å². The Hall–Kier alpha value is -1.84. The van der Waals surface area contributed by atoms with Crippen molar-refractivity contribution in [2.24, 2.45) is 0 Å². The first kappa shape index (κ1) is 12.2. The molecule has 4 nitrogen and oxygen atoms in total. The Morgan fingerprint density at radius 2 is 1.88 bits per heavy atom. The summed E-state index contributed by atoms with van der Waals surface area (Å²) in [5, 5.41) is 11.0. The van der Waals surface area contributed by atoms with E-state index >= 15 is 0 Å². The van der Waals surface area contributed by atoms with Crippen molar-refractivity contribution in [3.05, 3.63) is 35.4 Å². The molecule has 0 unspecified atom stereocenters. The largest absolute Gasteiger partial charge is 0.481 e. The summed E-state index contributed by atoms with van der Waals surface area (Å²) in [6, 6.07) is 7.28. The number of amides is 1. The molecule has 16 heavy (non-hydrogen) atoms. The summed E-state index contributed by atoms with van der Waals surface area (Å²) in [4.78, 5) is 21.8. The van der Waals surface area contributed by atoms with Gasteiger partial charge in [0.05, 0.1) is 6.42 Å². The van der Waals surface area contributed by atoms with Gasteiger partial charge in [-0.2, -0.15) is 0 Å². The van der Waals surface area contributed by atoms with Gasteiger partial charge in [-0.05, 0) is 24.1 Å². The van der Waals surface area contributed by atoms with Crippen molar-refractivity contribution >= 4 is 11.9 Å². The van der Waals surface area contributed by atoms with Gasteiger partial charge in [0.1, 0.15) is 0 Å². The fourth-order valence-electron chi connectivity index (χ4n) is 1.28. The Labute approximate surface area is 94.3 Å². The molecule has 1 aromatic carbocycles. The molecule has 86 valence electrons. The highest BCUT2D eigenvalue weighted by molar-refractivity contribution is 5.94. The highest BCUT2D eigenvalue weighted by Crippen LogP contribution is 2.04. The van der Waals surface area contributed by atoms with Crippen LogP contribution in [0.15, 0.2) is 24.3 Å². The summed E-state index contributed by atoms with van der Waals surface area (Å²) in [6.07, 6.45) is 0.875. The average molecular weight is 221 g/mol. The molecule has 0 aliphatic rings. The van der Waals surface area contributed by atoms with Crippen LogP contribution in [-0.2, 0) is 11.2 Å². The molecule has 4 heteroatoms. The molecule has 0 radical (unpaired) electrons. The summed E-state index contributed by atoms with van der Waals surface area (Å²) in [5.74, 6) is -1.15. The molecule has 0 fully saturated rings. The number of carbonyl (C=O) groups is 2. The monoisotopic (exact) mass is 221 g/mol. The molecule has 0 saturated carbocycles. The van der Waals surface area contributed by atoms with Crippen LogP contribution in [0, 0.1) is 0 Å². The summed E-state index contributed by atoms with van der Waals surface area (Å²) in [6.45, 7) is 2.20. The standard InChI is InChI=1S/C12H15NO3/c1-2-9-3-5-10(6-4-9)12(16)13-8-7-11(14)15/h3-6H,2,7-8H2,1H3,(H,13,16)(H,14,15). The lowest BCUT2D eigenvalue weighted by atomic mass is 10.1. The number of carbonyl (C=O) groups excluding carboxylic acids is 1. The molecule has 0 spiro atoms. The van der Waals surface area contributed by atoms with E-state index in [4.69, 9.17) is 5.11 Å². The normalized spacial score (nSPS) is 9.81. The molecule has 0 aliphatic heterocycles. The molecular weight excluding hydrogens is 206 g/mol. The minimum Gasteiger partial charge on any atom is -0.481 e. The first-order valence-corrected chi connectivity index (χ1v) is 5.22. The third-order valence-corrected chi connectivity index (χ3v) is 2.25. The average Bonchev–Trinajstić information content (AvgIpc) is 2.28. The van der Waals surface area contributed by atoms with Gasteiger partial charge in [0.25, 0.3) is 5.91 Å². The van der Waals surface area contributed by atoms with Gasteiger partial charge in [-0.25, -0.2) is 0 Å². The predicted octanol–water partition coefficient (Wildman–Crippen LogP) is 1.45. The SMILES string of the molecule is CCc1ccc(C(=O)NCCC(=O)O)cc1. The van der Waals surface area contributed by atoms with Crippen LogP contribution < -0.4 is 5.32 Å². The van der Waals surface area contributed by atoms with Crippen LogP contribution in [0.25, 0.3) is 0 Å². The third-order valence-electron chi connectivity index (χ3n) is 2.25. The minimum atomic E-state index is -0.915. The van der Waals surface area contributed by atoms with Crippen LogP contribution in [-0.4, -0.2) is 23.5 Å². The zero-order valence-electron chi connectivity index (χ0n) is 9.19. The summed E-state index contributed by atoms with van der Waals surface area (Å²) >= 11 is 0. The molecule has 1 amide bonds. The highest BCUT2D eigenvalue weighted by Gasteiger charge is 2.05. The van der Waals surface area contributed by atoms with Crippen molar-refractivity contribution < 1.29 is 14.7 Å². The van der Waals surface area contributed by atoms with Gasteiger partial charge in [0, 0.05) is 12.1 Å². The second-order valence-corrected chi connectivity index (χ2v) is 3.45. The number of nitrogens with one attached hydrogen (secondary N) is 1. The van der Waals surface area contributed by atoms with E-state index < -0.39 is 5.97 Å². The summed E-state index contributed by atoms with van der Waals surface area (Å²) < 4.78 is 0. The van der Waals surface area contributed by atoms with Crippen LogP contribution >= 0.6 is 0 Å². The molecule has 0 bridgehead atoms. The number of rotatable bonds is 5. The molecule has 2 N–H and O–H groups in total. The topological polar surface area (TPSA) is 66.4 Å². The molecular formula is C12H15NO3. The van der Waals surface area contributed by atoms with Crippen molar-refractivity contribution in [1.29, 1.82) is 0 Å². The Kier molecular flexibility index (Phi) is 4.51. The van der Waals surface area contributed by atoms with Gasteiger partial charge in [0.15, 0.2) is 0 Å². The van der Waals surface area contributed by atoms with Crippen molar-refractivity contribution in [3.8, 4) is 0 Å². The summed E-state index contributed by atoms with van der Waals surface area (Å²) in [5.41, 5.74) is 1.73. The zero-order valence-corrected chi connectivity index (χ0v) is 9.19. The quantitative estimate of drug-likeness (QED) is 0.790. The highest BCUT2D eigenvalue weighted by atomic mass is 16.4. The lowest BCUT2D eigenvalue weighted by Crippen LogP contribution is -2.25. The third kappa shape index (κ3) is 3.73. The molecule has 0 saturated heterocycles. The van der Waals surface area contributed by atoms with Gasteiger partial charge in [-0.3, -0.25) is 9.59 Å². The molecule has 0 atom stereocenters. The van der Waals surface area contributed by atoms with E-state index in [-0.39, 0.29) is 18.9 Å². The lowest BCUT2D eigenvalue weighted by Gasteiger charge is -2.04. The van der Waals surface area contributed by atoms with Gasteiger partial charge < -0.3 is 10.4 Å². The van der Waals surface area contributed by atoms with Crippen LogP contribution in [0.2, 0.25) is 0 Å². The predicted molar refractivity (Wildman–Crippen MR) is 60.4 cm³/mol. The number of aryl methyl sites for hydroxylation is 1. The van der Waals surface area contributed by atoms with E-state index in [9.17, 15) is 9.59 Å². The van der Waals surface area contributed by atoms with Crippen LogP contribution in [0.4, 0.5) is 0 Å². The van der Waals surface area contributed by atoms with E-state index in [2.05, 4.69) is 5.32 Å². The second kappa shape index (κ2) is 5.90. The number of aliphatic carboxylic acids is 1. The van der Waals surface area contributed by atoms with Crippen LogP contribution in [0.1, 0.15) is 29.3 Å². The second-order valence-electron chi connectivity index (χ2n) is 3.45. The molecule has 0 aliphatic carbocycles. The first-order valence-electron chi connectivity index (χ1n) is 5.22. The number of carboxylic acid groups (broad SMARTS) is 1. The Balaban J connectivity index is 2.49. The van der Waals surface area contributed by atoms with E-state index in [1.165, 1.54) is 5.56 Å². The van der Waals surface area contributed by atoms with Gasteiger partial charge in [0.2, 0.25) is 0 Å². The smallest absolute Gasteiger partial charge is 0.305 e. The van der Waals surface area contributed by atoms with Gasteiger partial charge in [-0.1, -0.05) is 19.1 Å². The molecule has 1 rings (SSSR count). The van der Waals surface area contributed by atoms with E-state index in [1.807, 2.05) is 19.1 Å². The summed E-state index contributed by atoms with van der Waals surface area (Å²) in [7, 11) is 0. The van der Waals surface area contributed by atoms with E-state index in [0.29, 0.717) is 5.56 Å². The number of hydrogen-bond acceptors (Lipinski definition) is 2. The Morgan fingerprint density at radius 3 is 2.38 bits per heavy atom. The van der Waals surface area contributed by atoms with Crippen molar-refractivity contribution in [3.63, 3.8) is 0 Å². The van der Waals surface area contributed by atoms with Crippen LogP contribution in [0.3, 0.4) is 0 Å². The first-order chi connectivity index (χ1) is 7.63. The molecule has 1 aromatic rings. The maximum atomic E-state index is 11.5. The van der Waals surface area contributed by atoms with Crippen molar-refractivity contribution in [1.82, 2.24) is 5.32 Å². The van der Waals surface area contributed by atoms with E-state index in [0.717, 1.165) is 6.42 Å². The maximum absolute atomic E-state index is 11.5. The Morgan fingerprint density at radius 1 is 1.25 bits per heavy atom. The fraction of sp³-hybridized carbons (Fsp3) is 0.333. The van der Waals surface area contributed by atoms with Gasteiger partial charge in [-0.15, -0.1) is 0 Å². The zero-order chi connectivity index (χ0) is 12.0. The minimum absolute atomic E-state index is 0.0568. The van der Waals surface area contributed by atoms with Crippen molar-refractivity contribution in [2.75, 3.05) is 6.54 Å². The van der Waals surface area contributed by atoms with Crippen LogP contribution in [0.5, 0.6) is 0 Å². The maximum Gasteiger partial charge on any atom is 0.305 e. The molecule has 0 heterocycles. The number of hydrogen-bond donors (Lipinski definition) is 2. The Bertz CT molecular complexity index is 370.